The molecule has 0 amide bonds. The minimum absolute atomic E-state index is 0.116. The number of aliphatic carboxylic acids is 1. The number of carboxylic acid groups (broad SMARTS) is 1. The van der Waals surface area contributed by atoms with Gasteiger partial charge in [-0.2, -0.15) is 0 Å². The van der Waals surface area contributed by atoms with Gasteiger partial charge in [-0.25, -0.2) is 13.2 Å². The molecular weight excluding hydrogens is 395 g/mol. The van der Waals surface area contributed by atoms with Crippen LogP contribution in [-0.4, -0.2) is 32.4 Å². The summed E-state index contributed by atoms with van der Waals surface area (Å²) in [7, 11) is -3.35. The molecule has 0 heterocycles. The van der Waals surface area contributed by atoms with Gasteiger partial charge in [0.2, 0.25) is 0 Å². The largest absolute Gasteiger partial charge is 0.481 e. The molecule has 0 aliphatic rings. The normalized spacial score (nSPS) is 11.3. The topological polar surface area (TPSA) is 80.7 Å². The number of benzene rings is 2. The van der Waals surface area contributed by atoms with Gasteiger partial charge in [-0.05, 0) is 36.4 Å². The highest BCUT2D eigenvalue weighted by Crippen LogP contribution is 2.40. The average molecular weight is 407 g/mol. The lowest BCUT2D eigenvalue weighted by Crippen LogP contribution is -2.09. The van der Waals surface area contributed by atoms with E-state index in [0.29, 0.717) is 20.6 Å². The van der Waals surface area contributed by atoms with Gasteiger partial charge in [0.25, 0.3) is 0 Å². The Morgan fingerprint density at radius 3 is 2.46 bits per heavy atom. The van der Waals surface area contributed by atoms with Crippen molar-refractivity contribution in [2.45, 2.75) is 14.7 Å². The Hall–Kier alpha value is -1.41. The fourth-order valence-electron chi connectivity index (χ4n) is 1.73. The van der Waals surface area contributed by atoms with E-state index >= 15 is 0 Å². The molecular formula is C15H12Cl2O5S2. The monoisotopic (exact) mass is 406 g/mol. The van der Waals surface area contributed by atoms with Crippen molar-refractivity contribution in [3.63, 3.8) is 0 Å². The number of sulfone groups is 1. The highest BCUT2D eigenvalue weighted by Gasteiger charge is 2.14. The molecule has 0 bridgehead atoms. The molecule has 24 heavy (non-hydrogen) atoms. The summed E-state index contributed by atoms with van der Waals surface area (Å²) in [5.74, 6) is -0.758. The standard InChI is InChI=1S/C15H12Cl2O5S2/c1-24(20,21)10-3-5-13(11(17)7-10)23-14-6-9(16)2-4-12(14)22-8-15(18)19/h2-7H,8H2,1H3,(H,18,19). The zero-order chi connectivity index (χ0) is 17.9. The molecule has 0 aliphatic heterocycles. The van der Waals surface area contributed by atoms with Crippen molar-refractivity contribution in [3.05, 3.63) is 46.4 Å². The Balaban J connectivity index is 2.33. The smallest absolute Gasteiger partial charge is 0.341 e. The third-order valence-electron chi connectivity index (χ3n) is 2.81. The van der Waals surface area contributed by atoms with Crippen LogP contribution in [0.1, 0.15) is 0 Å². The molecule has 128 valence electrons. The molecule has 0 atom stereocenters. The first kappa shape index (κ1) is 18.9. The highest BCUT2D eigenvalue weighted by atomic mass is 35.5. The van der Waals surface area contributed by atoms with Crippen LogP contribution in [0.15, 0.2) is 51.1 Å². The van der Waals surface area contributed by atoms with Gasteiger partial charge < -0.3 is 9.84 Å². The maximum atomic E-state index is 11.5. The summed E-state index contributed by atoms with van der Waals surface area (Å²) in [6.07, 6.45) is 1.10. The van der Waals surface area contributed by atoms with E-state index in [0.717, 1.165) is 6.26 Å². The Morgan fingerprint density at radius 1 is 1.17 bits per heavy atom. The first-order chi connectivity index (χ1) is 11.2. The summed E-state index contributed by atoms with van der Waals surface area (Å²) < 4.78 is 28.3. The predicted molar refractivity (Wildman–Crippen MR) is 93.3 cm³/mol. The summed E-state index contributed by atoms with van der Waals surface area (Å²) in [5, 5.41) is 9.43. The maximum Gasteiger partial charge on any atom is 0.341 e. The predicted octanol–water partition coefficient (Wildman–Crippen LogP) is 4.01. The second kappa shape index (κ2) is 7.65. The highest BCUT2D eigenvalue weighted by molar-refractivity contribution is 7.99. The summed E-state index contributed by atoms with van der Waals surface area (Å²) in [6, 6.07) is 9.15. The number of ether oxygens (including phenoxy) is 1. The fraction of sp³-hybridized carbons (Fsp3) is 0.133. The van der Waals surface area contributed by atoms with Gasteiger partial charge in [-0.1, -0.05) is 35.0 Å². The molecule has 2 rings (SSSR count). The lowest BCUT2D eigenvalue weighted by Gasteiger charge is -2.11. The van der Waals surface area contributed by atoms with Crippen molar-refractivity contribution < 1.29 is 23.1 Å². The van der Waals surface area contributed by atoms with Gasteiger partial charge in [0.1, 0.15) is 5.75 Å². The molecule has 1 N–H and O–H groups in total. The molecule has 0 unspecified atom stereocenters. The number of hydrogen-bond acceptors (Lipinski definition) is 5. The summed E-state index contributed by atoms with van der Waals surface area (Å²) in [5.41, 5.74) is 0. The summed E-state index contributed by atoms with van der Waals surface area (Å²) in [6.45, 7) is -0.490. The van der Waals surface area contributed by atoms with E-state index in [4.69, 9.17) is 33.0 Å². The summed E-state index contributed by atoms with van der Waals surface area (Å²) >= 11 is 13.3. The maximum absolute atomic E-state index is 11.5. The molecule has 0 saturated heterocycles. The number of halogens is 2. The third kappa shape index (κ3) is 5.04. The van der Waals surface area contributed by atoms with Gasteiger partial charge >= 0.3 is 5.97 Å². The van der Waals surface area contributed by atoms with Crippen molar-refractivity contribution in [2.24, 2.45) is 0 Å². The van der Waals surface area contributed by atoms with Crippen LogP contribution in [0.25, 0.3) is 0 Å². The minimum Gasteiger partial charge on any atom is -0.481 e. The van der Waals surface area contributed by atoms with Crippen LogP contribution >= 0.6 is 35.0 Å². The van der Waals surface area contributed by atoms with E-state index in [1.165, 1.54) is 23.9 Å². The zero-order valence-corrected chi connectivity index (χ0v) is 15.5. The van der Waals surface area contributed by atoms with Crippen LogP contribution in [0.2, 0.25) is 10.0 Å². The second-order valence-corrected chi connectivity index (χ2v) is 8.68. The van der Waals surface area contributed by atoms with Gasteiger partial charge in [0.15, 0.2) is 16.4 Å². The van der Waals surface area contributed by atoms with Gasteiger partial charge in [-0.3, -0.25) is 0 Å². The van der Waals surface area contributed by atoms with E-state index in [1.807, 2.05) is 0 Å². The molecule has 0 aliphatic carbocycles. The Kier molecular flexibility index (Phi) is 6.03. The molecule has 0 spiro atoms. The molecule has 0 saturated carbocycles. The van der Waals surface area contributed by atoms with Crippen LogP contribution in [0.5, 0.6) is 5.75 Å². The first-order valence-corrected chi connectivity index (χ1v) is 9.95. The van der Waals surface area contributed by atoms with E-state index in [1.54, 1.807) is 24.3 Å². The first-order valence-electron chi connectivity index (χ1n) is 6.48. The molecule has 0 radical (unpaired) electrons. The molecule has 0 fully saturated rings. The summed E-state index contributed by atoms with van der Waals surface area (Å²) in [4.78, 5) is 11.9. The quantitative estimate of drug-likeness (QED) is 0.780. The van der Waals surface area contributed by atoms with Gasteiger partial charge in [0.05, 0.1) is 14.8 Å². The Labute approximate surface area is 153 Å². The van der Waals surface area contributed by atoms with Gasteiger partial charge in [0, 0.05) is 16.2 Å². The van der Waals surface area contributed by atoms with Crippen LogP contribution in [0.4, 0.5) is 0 Å². The van der Waals surface area contributed by atoms with Gasteiger partial charge in [-0.15, -0.1) is 0 Å². The average Bonchev–Trinajstić information content (AvgIpc) is 2.47. The van der Waals surface area contributed by atoms with E-state index in [-0.39, 0.29) is 9.92 Å². The molecule has 9 heteroatoms. The number of rotatable bonds is 6. The van der Waals surface area contributed by atoms with E-state index < -0.39 is 22.4 Å². The number of hydrogen-bond donors (Lipinski definition) is 1. The molecule has 0 aromatic heterocycles. The van der Waals surface area contributed by atoms with Crippen LogP contribution < -0.4 is 4.74 Å². The van der Waals surface area contributed by atoms with E-state index in [9.17, 15) is 13.2 Å². The van der Waals surface area contributed by atoms with Crippen molar-refractivity contribution in [3.8, 4) is 5.75 Å². The van der Waals surface area contributed by atoms with Crippen molar-refractivity contribution in [1.82, 2.24) is 0 Å². The van der Waals surface area contributed by atoms with Crippen molar-refractivity contribution in [2.75, 3.05) is 12.9 Å². The van der Waals surface area contributed by atoms with E-state index in [2.05, 4.69) is 0 Å². The molecule has 2 aromatic carbocycles. The van der Waals surface area contributed by atoms with Crippen LogP contribution in [0, 0.1) is 0 Å². The van der Waals surface area contributed by atoms with Crippen LogP contribution in [-0.2, 0) is 14.6 Å². The second-order valence-electron chi connectivity index (χ2n) is 4.74. The molecule has 5 nitrogen and oxygen atoms in total. The Bertz CT molecular complexity index is 881. The zero-order valence-electron chi connectivity index (χ0n) is 12.3. The minimum atomic E-state index is -3.35. The van der Waals surface area contributed by atoms with Crippen LogP contribution in [0.3, 0.4) is 0 Å². The third-order valence-corrected chi connectivity index (χ3v) is 5.69. The lowest BCUT2D eigenvalue weighted by atomic mass is 10.3. The SMILES string of the molecule is CS(=O)(=O)c1ccc(Sc2cc(Cl)ccc2OCC(=O)O)c(Cl)c1. The lowest BCUT2D eigenvalue weighted by molar-refractivity contribution is -0.139. The molecule has 2 aromatic rings. The number of carboxylic acids is 1. The number of carbonyl (C=O) groups is 1. The van der Waals surface area contributed by atoms with Crippen molar-refractivity contribution in [1.29, 1.82) is 0 Å². The fourth-order valence-corrected chi connectivity index (χ4v) is 3.92. The van der Waals surface area contributed by atoms with Crippen molar-refractivity contribution >= 4 is 50.8 Å². The Morgan fingerprint density at radius 2 is 1.88 bits per heavy atom.